The number of benzene rings is 1. The second kappa shape index (κ2) is 7.56. The molecule has 158 valence electrons. The van der Waals surface area contributed by atoms with Crippen LogP contribution in [0.2, 0.25) is 0 Å². The van der Waals surface area contributed by atoms with E-state index in [0.29, 0.717) is 31.3 Å². The number of likely N-dealkylation sites (tertiary alicyclic amines) is 1. The average molecular weight is 401 g/mol. The highest BCUT2D eigenvalue weighted by molar-refractivity contribution is 5.69. The molecule has 4 heterocycles. The number of ether oxygens (including phenoxy) is 1. The molecular formula is C23H32N2O4. The minimum absolute atomic E-state index is 0.115. The molecule has 4 aliphatic rings. The Morgan fingerprint density at radius 1 is 1.17 bits per heavy atom. The van der Waals surface area contributed by atoms with Crippen molar-refractivity contribution in [3.63, 3.8) is 0 Å². The minimum Gasteiger partial charge on any atom is -0.450 e. The Kier molecular flexibility index (Phi) is 5.04. The fourth-order valence-electron chi connectivity index (χ4n) is 6.04. The molecule has 1 aromatic rings. The summed E-state index contributed by atoms with van der Waals surface area (Å²) in [5.74, 6) is 0. The standard InChI is InChI=1S/C23H32N2O4/c1-3-27-22(26)25-18-6-7-19(25)14-20(13-18)24-10-8-23(9-11-24)21-12-16(2)4-5-17(21)15-28-29-23/h4-5,12,18-20H,3,6-11,13-15H2,1-2H3. The van der Waals surface area contributed by atoms with Gasteiger partial charge in [0.2, 0.25) is 0 Å². The van der Waals surface area contributed by atoms with Gasteiger partial charge >= 0.3 is 6.09 Å². The van der Waals surface area contributed by atoms with E-state index in [-0.39, 0.29) is 11.7 Å². The van der Waals surface area contributed by atoms with Gasteiger partial charge in [0.15, 0.2) is 0 Å². The first-order valence-electron chi connectivity index (χ1n) is 11.2. The summed E-state index contributed by atoms with van der Waals surface area (Å²) in [5.41, 5.74) is 3.55. The number of amides is 1. The molecule has 3 fully saturated rings. The van der Waals surface area contributed by atoms with Crippen molar-refractivity contribution in [2.45, 2.75) is 82.7 Å². The highest BCUT2D eigenvalue weighted by atomic mass is 17.2. The Bertz CT molecular complexity index is 760. The molecule has 4 aliphatic heterocycles. The molecule has 6 nitrogen and oxygen atoms in total. The van der Waals surface area contributed by atoms with Gasteiger partial charge < -0.3 is 9.64 Å². The number of piperidine rings is 2. The van der Waals surface area contributed by atoms with E-state index in [2.05, 4.69) is 30.0 Å². The monoisotopic (exact) mass is 400 g/mol. The molecule has 0 saturated carbocycles. The van der Waals surface area contributed by atoms with Gasteiger partial charge in [-0.15, -0.1) is 0 Å². The summed E-state index contributed by atoms with van der Waals surface area (Å²) in [5, 5.41) is 0. The van der Waals surface area contributed by atoms with Crippen molar-refractivity contribution in [3.05, 3.63) is 34.9 Å². The topological polar surface area (TPSA) is 51.2 Å². The Morgan fingerprint density at radius 2 is 1.90 bits per heavy atom. The van der Waals surface area contributed by atoms with Gasteiger partial charge in [0.05, 0.1) is 6.61 Å². The molecule has 2 unspecified atom stereocenters. The number of aryl methyl sites for hydroxylation is 1. The molecule has 6 heteroatoms. The predicted octanol–water partition coefficient (Wildman–Crippen LogP) is 3.90. The van der Waals surface area contributed by atoms with Gasteiger partial charge in [0, 0.05) is 31.2 Å². The SMILES string of the molecule is CCOC(=O)N1C2CCC1CC(N1CCC3(CC1)OOCc1ccc(C)cc13)C2. The lowest BCUT2D eigenvalue weighted by molar-refractivity contribution is -0.392. The van der Waals surface area contributed by atoms with Crippen molar-refractivity contribution in [3.8, 4) is 0 Å². The number of rotatable bonds is 2. The van der Waals surface area contributed by atoms with Crippen LogP contribution < -0.4 is 0 Å². The van der Waals surface area contributed by atoms with E-state index in [4.69, 9.17) is 14.5 Å². The maximum Gasteiger partial charge on any atom is 0.410 e. The first-order valence-corrected chi connectivity index (χ1v) is 11.2. The Balaban J connectivity index is 1.26. The highest BCUT2D eigenvalue weighted by Gasteiger charge is 2.48. The van der Waals surface area contributed by atoms with Crippen LogP contribution in [0.15, 0.2) is 18.2 Å². The van der Waals surface area contributed by atoms with Gasteiger partial charge in [-0.3, -0.25) is 4.90 Å². The van der Waals surface area contributed by atoms with Crippen molar-refractivity contribution < 1.29 is 19.3 Å². The van der Waals surface area contributed by atoms with Crippen LogP contribution in [0.25, 0.3) is 0 Å². The number of carbonyl (C=O) groups is 1. The van der Waals surface area contributed by atoms with Crippen molar-refractivity contribution in [1.82, 2.24) is 9.80 Å². The van der Waals surface area contributed by atoms with Crippen molar-refractivity contribution in [2.24, 2.45) is 0 Å². The van der Waals surface area contributed by atoms with Crippen LogP contribution in [0.5, 0.6) is 0 Å². The summed E-state index contributed by atoms with van der Waals surface area (Å²) in [6.45, 7) is 7.05. The van der Waals surface area contributed by atoms with E-state index < -0.39 is 0 Å². The van der Waals surface area contributed by atoms with Gasteiger partial charge in [-0.05, 0) is 63.5 Å². The van der Waals surface area contributed by atoms with Crippen LogP contribution in [0.3, 0.4) is 0 Å². The molecule has 1 spiro atoms. The molecule has 5 rings (SSSR count). The molecule has 2 atom stereocenters. The van der Waals surface area contributed by atoms with Gasteiger partial charge in [0.25, 0.3) is 0 Å². The lowest BCUT2D eigenvalue weighted by atomic mass is 9.80. The van der Waals surface area contributed by atoms with E-state index in [1.807, 2.05) is 11.8 Å². The summed E-state index contributed by atoms with van der Waals surface area (Å²) >= 11 is 0. The second-order valence-corrected chi connectivity index (χ2v) is 9.15. The third-order valence-electron chi connectivity index (χ3n) is 7.50. The van der Waals surface area contributed by atoms with E-state index in [0.717, 1.165) is 51.6 Å². The fourth-order valence-corrected chi connectivity index (χ4v) is 6.04. The molecule has 3 saturated heterocycles. The van der Waals surface area contributed by atoms with Crippen LogP contribution in [0.4, 0.5) is 4.79 Å². The molecule has 1 amide bonds. The van der Waals surface area contributed by atoms with Crippen molar-refractivity contribution in [1.29, 1.82) is 0 Å². The second-order valence-electron chi connectivity index (χ2n) is 9.15. The maximum absolute atomic E-state index is 12.3. The molecule has 0 aromatic heterocycles. The number of nitrogens with zero attached hydrogens (tertiary/aromatic N) is 2. The van der Waals surface area contributed by atoms with E-state index in [1.54, 1.807) is 0 Å². The number of fused-ring (bicyclic) bond motifs is 4. The van der Waals surface area contributed by atoms with E-state index in [9.17, 15) is 4.79 Å². The summed E-state index contributed by atoms with van der Waals surface area (Å²) in [6.07, 6.45) is 6.15. The Hall–Kier alpha value is -1.63. The first kappa shape index (κ1) is 19.3. The van der Waals surface area contributed by atoms with Gasteiger partial charge in [-0.25, -0.2) is 14.6 Å². The van der Waals surface area contributed by atoms with E-state index >= 15 is 0 Å². The van der Waals surface area contributed by atoms with Crippen LogP contribution in [0.1, 0.15) is 62.1 Å². The Labute approximate surface area is 173 Å². The summed E-state index contributed by atoms with van der Waals surface area (Å²) in [6, 6.07) is 7.86. The van der Waals surface area contributed by atoms with Crippen LogP contribution in [-0.4, -0.2) is 53.7 Å². The first-order chi connectivity index (χ1) is 14.1. The molecule has 0 aliphatic carbocycles. The zero-order chi connectivity index (χ0) is 20.0. The van der Waals surface area contributed by atoms with Gasteiger partial charge in [0.1, 0.15) is 12.2 Å². The van der Waals surface area contributed by atoms with Gasteiger partial charge in [-0.1, -0.05) is 23.8 Å². The minimum atomic E-state index is -0.305. The zero-order valence-corrected chi connectivity index (χ0v) is 17.6. The number of hydrogen-bond acceptors (Lipinski definition) is 5. The lowest BCUT2D eigenvalue weighted by Crippen LogP contribution is -2.55. The normalized spacial score (nSPS) is 31.0. The third kappa shape index (κ3) is 3.35. The summed E-state index contributed by atoms with van der Waals surface area (Å²) in [7, 11) is 0. The molecule has 2 bridgehead atoms. The number of carbonyl (C=O) groups excluding carboxylic acids is 1. The molecule has 0 N–H and O–H groups in total. The fraction of sp³-hybridized carbons (Fsp3) is 0.696. The van der Waals surface area contributed by atoms with E-state index in [1.165, 1.54) is 16.7 Å². The predicted molar refractivity (Wildman–Crippen MR) is 108 cm³/mol. The molecule has 0 radical (unpaired) electrons. The lowest BCUT2D eigenvalue weighted by Gasteiger charge is -2.48. The summed E-state index contributed by atoms with van der Waals surface area (Å²) < 4.78 is 5.30. The van der Waals surface area contributed by atoms with Crippen molar-refractivity contribution in [2.75, 3.05) is 19.7 Å². The Morgan fingerprint density at radius 3 is 2.59 bits per heavy atom. The zero-order valence-electron chi connectivity index (χ0n) is 17.6. The molecule has 29 heavy (non-hydrogen) atoms. The maximum atomic E-state index is 12.3. The molecular weight excluding hydrogens is 368 g/mol. The third-order valence-corrected chi connectivity index (χ3v) is 7.50. The largest absolute Gasteiger partial charge is 0.450 e. The molecule has 1 aromatic carbocycles. The number of hydrogen-bond donors (Lipinski definition) is 0. The summed E-state index contributed by atoms with van der Waals surface area (Å²) in [4.78, 5) is 28.5. The van der Waals surface area contributed by atoms with Crippen LogP contribution in [-0.2, 0) is 26.7 Å². The average Bonchev–Trinajstić information content (AvgIpc) is 2.99. The quantitative estimate of drug-likeness (QED) is 0.705. The highest BCUT2D eigenvalue weighted by Crippen LogP contribution is 2.44. The van der Waals surface area contributed by atoms with Crippen LogP contribution in [0, 0.1) is 6.92 Å². The van der Waals surface area contributed by atoms with Gasteiger partial charge in [-0.2, -0.15) is 0 Å². The smallest absolute Gasteiger partial charge is 0.410 e. The van der Waals surface area contributed by atoms with Crippen molar-refractivity contribution >= 4 is 6.09 Å². The van der Waals surface area contributed by atoms with Crippen LogP contribution >= 0.6 is 0 Å².